The molecule has 1 N–H and O–H groups in total. The van der Waals surface area contributed by atoms with E-state index in [1.807, 2.05) is 17.8 Å². The molecule has 0 spiro atoms. The second-order valence-corrected chi connectivity index (χ2v) is 5.72. The summed E-state index contributed by atoms with van der Waals surface area (Å²) in [5, 5.41) is 8.00. The van der Waals surface area contributed by atoms with Gasteiger partial charge < -0.3 is 4.57 Å². The summed E-state index contributed by atoms with van der Waals surface area (Å²) in [6, 6.07) is 8.35. The average Bonchev–Trinajstić information content (AvgIpc) is 2.99. The van der Waals surface area contributed by atoms with Gasteiger partial charge in [0.1, 0.15) is 5.01 Å². The molecule has 0 aliphatic carbocycles. The van der Waals surface area contributed by atoms with Gasteiger partial charge in [-0.15, -0.1) is 11.3 Å². The van der Waals surface area contributed by atoms with Crippen molar-refractivity contribution < 1.29 is 0 Å². The number of nitrogens with zero attached hydrogens (tertiary/aromatic N) is 3. The Bertz CT molecular complexity index is 765. The highest BCUT2D eigenvalue weighted by molar-refractivity contribution is 7.71. The first-order valence-corrected chi connectivity index (χ1v) is 7.02. The highest BCUT2D eigenvalue weighted by Gasteiger charge is 2.11. The van der Waals surface area contributed by atoms with Crippen LogP contribution in [0.15, 0.2) is 30.5 Å². The summed E-state index contributed by atoms with van der Waals surface area (Å²) in [5.74, 6) is 0.820. The molecule has 0 saturated heterocycles. The molecule has 2 heterocycles. The maximum atomic E-state index is 5.12. The van der Waals surface area contributed by atoms with Crippen molar-refractivity contribution in [3.8, 4) is 21.3 Å². The Labute approximate surface area is 119 Å². The number of rotatable bonds is 2. The highest BCUT2D eigenvalue weighted by Crippen LogP contribution is 2.30. The van der Waals surface area contributed by atoms with Crippen LogP contribution in [0.3, 0.4) is 0 Å². The molecule has 0 aliphatic heterocycles. The minimum absolute atomic E-state index is 0.611. The Morgan fingerprint density at radius 2 is 2.00 bits per heavy atom. The third kappa shape index (κ3) is 2.24. The van der Waals surface area contributed by atoms with Crippen LogP contribution in [0.2, 0.25) is 0 Å². The van der Waals surface area contributed by atoms with Gasteiger partial charge >= 0.3 is 0 Å². The molecule has 0 radical (unpaired) electrons. The van der Waals surface area contributed by atoms with Gasteiger partial charge in [0, 0.05) is 18.8 Å². The Kier molecular flexibility index (Phi) is 3.04. The van der Waals surface area contributed by atoms with Crippen LogP contribution in [-0.2, 0) is 7.05 Å². The number of thiazole rings is 1. The van der Waals surface area contributed by atoms with E-state index >= 15 is 0 Å². The van der Waals surface area contributed by atoms with Crippen LogP contribution < -0.4 is 0 Å². The molecule has 4 nitrogen and oxygen atoms in total. The lowest BCUT2D eigenvalue weighted by molar-refractivity contribution is 0.903. The SMILES string of the molecule is Cc1ccc(-c2ncc(-c3n[nH]c(=S)n3C)s2)cc1. The first-order valence-electron chi connectivity index (χ1n) is 5.80. The van der Waals surface area contributed by atoms with E-state index in [2.05, 4.69) is 46.4 Å². The number of hydrogen-bond donors (Lipinski definition) is 1. The summed E-state index contributed by atoms with van der Waals surface area (Å²) in [7, 11) is 1.90. The van der Waals surface area contributed by atoms with E-state index in [0.717, 1.165) is 21.3 Å². The predicted octanol–water partition coefficient (Wildman–Crippen LogP) is 3.58. The minimum Gasteiger partial charge on any atom is -0.303 e. The van der Waals surface area contributed by atoms with Gasteiger partial charge in [0.15, 0.2) is 10.6 Å². The van der Waals surface area contributed by atoms with Crippen LogP contribution in [0.1, 0.15) is 5.56 Å². The third-order valence-corrected chi connectivity index (χ3v) is 4.31. The van der Waals surface area contributed by atoms with Crippen molar-refractivity contribution in [1.82, 2.24) is 19.7 Å². The second-order valence-electron chi connectivity index (χ2n) is 4.31. The molecule has 0 fully saturated rings. The fraction of sp³-hybridized carbons (Fsp3) is 0.154. The predicted molar refractivity (Wildman–Crippen MR) is 79.7 cm³/mol. The number of aryl methyl sites for hydroxylation is 1. The topological polar surface area (TPSA) is 46.5 Å². The number of hydrogen-bond acceptors (Lipinski definition) is 4. The molecule has 19 heavy (non-hydrogen) atoms. The van der Waals surface area contributed by atoms with E-state index in [-0.39, 0.29) is 0 Å². The molecular weight excluding hydrogens is 276 g/mol. The van der Waals surface area contributed by atoms with Gasteiger partial charge in [-0.25, -0.2) is 4.98 Å². The lowest BCUT2D eigenvalue weighted by Crippen LogP contribution is -1.89. The van der Waals surface area contributed by atoms with Crippen LogP contribution in [0.5, 0.6) is 0 Å². The van der Waals surface area contributed by atoms with Crippen LogP contribution in [0, 0.1) is 11.7 Å². The van der Waals surface area contributed by atoms with Crippen molar-refractivity contribution in [2.75, 3.05) is 0 Å². The molecule has 1 aromatic carbocycles. The zero-order valence-electron chi connectivity index (χ0n) is 10.5. The van der Waals surface area contributed by atoms with E-state index < -0.39 is 0 Å². The number of aromatic nitrogens is 4. The zero-order chi connectivity index (χ0) is 13.4. The summed E-state index contributed by atoms with van der Waals surface area (Å²) in [4.78, 5) is 5.47. The van der Waals surface area contributed by atoms with Crippen molar-refractivity contribution >= 4 is 23.6 Å². The fourth-order valence-electron chi connectivity index (χ4n) is 1.77. The quantitative estimate of drug-likeness (QED) is 0.733. The lowest BCUT2D eigenvalue weighted by Gasteiger charge is -1.97. The molecule has 3 aromatic rings. The van der Waals surface area contributed by atoms with Crippen LogP contribution in [-0.4, -0.2) is 19.7 Å². The number of benzene rings is 1. The molecule has 0 atom stereocenters. The van der Waals surface area contributed by atoms with Crippen molar-refractivity contribution in [3.63, 3.8) is 0 Å². The Morgan fingerprint density at radius 3 is 2.63 bits per heavy atom. The molecular formula is C13H12N4S2. The highest BCUT2D eigenvalue weighted by atomic mass is 32.1. The van der Waals surface area contributed by atoms with E-state index in [4.69, 9.17) is 12.2 Å². The second kappa shape index (κ2) is 4.71. The van der Waals surface area contributed by atoms with Crippen LogP contribution in [0.25, 0.3) is 21.3 Å². The molecule has 0 unspecified atom stereocenters. The summed E-state index contributed by atoms with van der Waals surface area (Å²) < 4.78 is 2.46. The van der Waals surface area contributed by atoms with Gasteiger partial charge in [-0.2, -0.15) is 5.10 Å². The van der Waals surface area contributed by atoms with Gasteiger partial charge in [-0.3, -0.25) is 5.10 Å². The maximum Gasteiger partial charge on any atom is 0.195 e. The van der Waals surface area contributed by atoms with Crippen molar-refractivity contribution in [2.24, 2.45) is 7.05 Å². The van der Waals surface area contributed by atoms with Gasteiger partial charge in [0.05, 0.1) is 4.88 Å². The number of nitrogens with one attached hydrogen (secondary N) is 1. The van der Waals surface area contributed by atoms with Gasteiger partial charge in [0.25, 0.3) is 0 Å². The van der Waals surface area contributed by atoms with Gasteiger partial charge in [-0.1, -0.05) is 29.8 Å². The molecule has 0 saturated carbocycles. The van der Waals surface area contributed by atoms with E-state index in [1.54, 1.807) is 11.3 Å². The maximum absolute atomic E-state index is 5.12. The third-order valence-electron chi connectivity index (χ3n) is 2.90. The standard InChI is InChI=1S/C13H12N4S2/c1-8-3-5-9(6-4-8)12-14-7-10(19-12)11-15-16-13(18)17(11)2/h3-7H,1-2H3,(H,16,18). The molecule has 96 valence electrons. The molecule has 6 heteroatoms. The van der Waals surface area contributed by atoms with E-state index in [1.165, 1.54) is 5.56 Å². The molecule has 0 bridgehead atoms. The smallest absolute Gasteiger partial charge is 0.195 e. The van der Waals surface area contributed by atoms with Crippen LogP contribution in [0.4, 0.5) is 0 Å². The Morgan fingerprint density at radius 1 is 1.26 bits per heavy atom. The van der Waals surface area contributed by atoms with Gasteiger partial charge in [0.2, 0.25) is 0 Å². The molecule has 0 aliphatic rings. The summed E-state index contributed by atoms with van der Waals surface area (Å²) >= 11 is 6.73. The van der Waals surface area contributed by atoms with Crippen molar-refractivity contribution in [1.29, 1.82) is 0 Å². The van der Waals surface area contributed by atoms with E-state index in [0.29, 0.717) is 4.77 Å². The van der Waals surface area contributed by atoms with E-state index in [9.17, 15) is 0 Å². The summed E-state index contributed by atoms with van der Waals surface area (Å²) in [6.45, 7) is 2.08. The van der Waals surface area contributed by atoms with Gasteiger partial charge in [-0.05, 0) is 19.1 Å². The first kappa shape index (κ1) is 12.3. The monoisotopic (exact) mass is 288 g/mol. The first-order chi connectivity index (χ1) is 9.15. The summed E-state index contributed by atoms with van der Waals surface area (Å²) in [5.41, 5.74) is 2.37. The normalized spacial score (nSPS) is 10.8. The molecule has 2 aromatic heterocycles. The Hall–Kier alpha value is -1.79. The average molecular weight is 288 g/mol. The van der Waals surface area contributed by atoms with Crippen LogP contribution >= 0.6 is 23.6 Å². The molecule has 3 rings (SSSR count). The lowest BCUT2D eigenvalue weighted by atomic mass is 10.2. The Balaban J connectivity index is 2.02. The summed E-state index contributed by atoms with van der Waals surface area (Å²) in [6.07, 6.45) is 1.84. The van der Waals surface area contributed by atoms with Crippen molar-refractivity contribution in [3.05, 3.63) is 40.8 Å². The zero-order valence-corrected chi connectivity index (χ0v) is 12.2. The fourth-order valence-corrected chi connectivity index (χ4v) is 2.85. The van der Waals surface area contributed by atoms with Crippen molar-refractivity contribution in [2.45, 2.75) is 6.92 Å². The minimum atomic E-state index is 0.611. The largest absolute Gasteiger partial charge is 0.303 e. The number of aromatic amines is 1. The molecule has 0 amide bonds. The number of H-pyrrole nitrogens is 1.